The van der Waals surface area contributed by atoms with Crippen molar-refractivity contribution in [2.75, 3.05) is 26.8 Å². The van der Waals surface area contributed by atoms with Crippen LogP contribution in [0.3, 0.4) is 0 Å². The van der Waals surface area contributed by atoms with Gasteiger partial charge in [-0.3, -0.25) is 4.79 Å². The molecule has 1 unspecified atom stereocenters. The lowest BCUT2D eigenvalue weighted by molar-refractivity contribution is -0.134. The Labute approximate surface area is 84.4 Å². The Morgan fingerprint density at radius 1 is 1.50 bits per heavy atom. The quantitative estimate of drug-likeness (QED) is 0.670. The van der Waals surface area contributed by atoms with Gasteiger partial charge in [0.05, 0.1) is 0 Å². The first-order chi connectivity index (χ1) is 6.72. The second-order valence-corrected chi connectivity index (χ2v) is 4.40. The maximum Gasteiger partial charge on any atom is 0.248 e. The fourth-order valence-electron chi connectivity index (χ4n) is 2.73. The smallest absolute Gasteiger partial charge is 0.248 e. The van der Waals surface area contributed by atoms with E-state index in [1.54, 1.807) is 7.11 Å². The SMILES string of the molecule is COCC(=O)N1C[C@@H]2CCC(N)[C@@H]2C1. The number of carbonyl (C=O) groups is 1. The average molecular weight is 198 g/mol. The maximum atomic E-state index is 11.5. The van der Waals surface area contributed by atoms with Crippen LogP contribution in [0.4, 0.5) is 0 Å². The fourth-order valence-corrected chi connectivity index (χ4v) is 2.73. The van der Waals surface area contributed by atoms with E-state index in [-0.39, 0.29) is 12.5 Å². The largest absolute Gasteiger partial charge is 0.375 e. The van der Waals surface area contributed by atoms with Crippen molar-refractivity contribution < 1.29 is 9.53 Å². The third kappa shape index (κ3) is 1.64. The third-order valence-corrected chi connectivity index (χ3v) is 3.53. The lowest BCUT2D eigenvalue weighted by atomic mass is 9.98. The van der Waals surface area contributed by atoms with E-state index in [9.17, 15) is 4.79 Å². The molecule has 2 fully saturated rings. The lowest BCUT2D eigenvalue weighted by Gasteiger charge is -2.18. The van der Waals surface area contributed by atoms with Crippen LogP contribution in [0, 0.1) is 11.8 Å². The minimum Gasteiger partial charge on any atom is -0.375 e. The molecule has 4 nitrogen and oxygen atoms in total. The van der Waals surface area contributed by atoms with Gasteiger partial charge in [0.2, 0.25) is 5.91 Å². The van der Waals surface area contributed by atoms with Gasteiger partial charge in [0.15, 0.2) is 0 Å². The van der Waals surface area contributed by atoms with E-state index in [0.29, 0.717) is 17.9 Å². The van der Waals surface area contributed by atoms with E-state index in [1.165, 1.54) is 6.42 Å². The van der Waals surface area contributed by atoms with Gasteiger partial charge in [0.25, 0.3) is 0 Å². The van der Waals surface area contributed by atoms with E-state index in [1.807, 2.05) is 4.90 Å². The highest BCUT2D eigenvalue weighted by molar-refractivity contribution is 5.77. The monoisotopic (exact) mass is 198 g/mol. The zero-order chi connectivity index (χ0) is 10.1. The minimum atomic E-state index is 0.106. The molecular formula is C10H18N2O2. The Morgan fingerprint density at radius 2 is 2.29 bits per heavy atom. The van der Waals surface area contributed by atoms with Gasteiger partial charge in [-0.05, 0) is 24.7 Å². The Morgan fingerprint density at radius 3 is 2.93 bits per heavy atom. The summed E-state index contributed by atoms with van der Waals surface area (Å²) in [5, 5.41) is 0. The van der Waals surface area contributed by atoms with Gasteiger partial charge in [0, 0.05) is 26.2 Å². The molecule has 2 N–H and O–H groups in total. The molecule has 2 aliphatic rings. The van der Waals surface area contributed by atoms with Crippen molar-refractivity contribution >= 4 is 5.91 Å². The predicted octanol–water partition coefficient (Wildman–Crippen LogP) is -0.171. The zero-order valence-electron chi connectivity index (χ0n) is 8.61. The maximum absolute atomic E-state index is 11.5. The summed E-state index contributed by atoms with van der Waals surface area (Å²) in [6.07, 6.45) is 2.31. The molecule has 0 aromatic heterocycles. The molecule has 1 aliphatic carbocycles. The van der Waals surface area contributed by atoms with Crippen molar-refractivity contribution in [1.29, 1.82) is 0 Å². The summed E-state index contributed by atoms with van der Waals surface area (Å²) in [6.45, 7) is 1.93. The fraction of sp³-hybridized carbons (Fsp3) is 0.900. The Hall–Kier alpha value is -0.610. The summed E-state index contributed by atoms with van der Waals surface area (Å²) in [5.74, 6) is 1.29. The number of ether oxygens (including phenoxy) is 1. The number of methoxy groups -OCH3 is 1. The van der Waals surface area contributed by atoms with Crippen molar-refractivity contribution in [2.24, 2.45) is 17.6 Å². The first kappa shape index (κ1) is 9.93. The number of amides is 1. The first-order valence-corrected chi connectivity index (χ1v) is 5.24. The number of hydrogen-bond donors (Lipinski definition) is 1. The van der Waals surface area contributed by atoms with Gasteiger partial charge >= 0.3 is 0 Å². The summed E-state index contributed by atoms with van der Waals surface area (Å²) < 4.78 is 4.84. The minimum absolute atomic E-state index is 0.106. The topological polar surface area (TPSA) is 55.6 Å². The summed E-state index contributed by atoms with van der Waals surface area (Å²) in [4.78, 5) is 13.4. The van der Waals surface area contributed by atoms with Crippen LogP contribution in [0.25, 0.3) is 0 Å². The van der Waals surface area contributed by atoms with Crippen molar-refractivity contribution in [3.8, 4) is 0 Å². The number of nitrogens with zero attached hydrogens (tertiary/aromatic N) is 1. The van der Waals surface area contributed by atoms with Crippen LogP contribution in [-0.4, -0.2) is 43.7 Å². The molecular weight excluding hydrogens is 180 g/mol. The van der Waals surface area contributed by atoms with Crippen LogP contribution in [0.1, 0.15) is 12.8 Å². The summed E-state index contributed by atoms with van der Waals surface area (Å²) in [7, 11) is 1.56. The van der Waals surface area contributed by atoms with Gasteiger partial charge in [-0.1, -0.05) is 0 Å². The molecule has 2 rings (SSSR count). The van der Waals surface area contributed by atoms with Gasteiger partial charge in [-0.25, -0.2) is 0 Å². The molecule has 0 bridgehead atoms. The van der Waals surface area contributed by atoms with Crippen LogP contribution >= 0.6 is 0 Å². The molecule has 3 atom stereocenters. The van der Waals surface area contributed by atoms with Gasteiger partial charge < -0.3 is 15.4 Å². The molecule has 4 heteroatoms. The molecule has 14 heavy (non-hydrogen) atoms. The van der Waals surface area contributed by atoms with E-state index in [0.717, 1.165) is 19.5 Å². The Balaban J connectivity index is 1.92. The molecule has 0 aromatic rings. The number of rotatable bonds is 2. The highest BCUT2D eigenvalue weighted by Gasteiger charge is 2.42. The van der Waals surface area contributed by atoms with Crippen LogP contribution in [0.2, 0.25) is 0 Å². The molecule has 0 radical (unpaired) electrons. The van der Waals surface area contributed by atoms with Gasteiger partial charge in [-0.2, -0.15) is 0 Å². The van der Waals surface area contributed by atoms with Crippen LogP contribution < -0.4 is 5.73 Å². The van der Waals surface area contributed by atoms with E-state index in [2.05, 4.69) is 0 Å². The summed E-state index contributed by atoms with van der Waals surface area (Å²) in [6, 6.07) is 0.306. The highest BCUT2D eigenvalue weighted by atomic mass is 16.5. The van der Waals surface area contributed by atoms with E-state index >= 15 is 0 Å². The molecule has 80 valence electrons. The molecule has 1 saturated carbocycles. The van der Waals surface area contributed by atoms with Crippen molar-refractivity contribution in [2.45, 2.75) is 18.9 Å². The standard InChI is InChI=1S/C10H18N2O2/c1-14-6-10(13)12-4-7-2-3-9(11)8(7)5-12/h7-9H,2-6,11H2,1H3/t7-,8+,9?/m0/s1. The van der Waals surface area contributed by atoms with Gasteiger partial charge in [0.1, 0.15) is 6.61 Å². The average Bonchev–Trinajstić information content (AvgIpc) is 2.69. The molecule has 1 saturated heterocycles. The number of nitrogens with two attached hydrogens (primary N) is 1. The second-order valence-electron chi connectivity index (χ2n) is 4.40. The molecule has 1 aliphatic heterocycles. The zero-order valence-corrected chi connectivity index (χ0v) is 8.61. The third-order valence-electron chi connectivity index (χ3n) is 3.53. The van der Waals surface area contributed by atoms with Crippen molar-refractivity contribution in [1.82, 2.24) is 4.90 Å². The van der Waals surface area contributed by atoms with E-state index < -0.39 is 0 Å². The van der Waals surface area contributed by atoms with Crippen LogP contribution in [0.5, 0.6) is 0 Å². The normalized spacial score (nSPS) is 36.1. The van der Waals surface area contributed by atoms with Crippen molar-refractivity contribution in [3.05, 3.63) is 0 Å². The molecule has 0 spiro atoms. The highest BCUT2D eigenvalue weighted by Crippen LogP contribution is 2.36. The molecule has 1 amide bonds. The van der Waals surface area contributed by atoms with Crippen LogP contribution in [-0.2, 0) is 9.53 Å². The number of fused-ring (bicyclic) bond motifs is 1. The molecule has 1 heterocycles. The second kappa shape index (κ2) is 3.87. The predicted molar refractivity (Wildman–Crippen MR) is 52.6 cm³/mol. The first-order valence-electron chi connectivity index (χ1n) is 5.24. The Bertz CT molecular complexity index is 232. The summed E-state index contributed by atoms with van der Waals surface area (Å²) in [5.41, 5.74) is 5.99. The van der Waals surface area contributed by atoms with E-state index in [4.69, 9.17) is 10.5 Å². The number of hydrogen-bond acceptors (Lipinski definition) is 3. The number of carbonyl (C=O) groups excluding carboxylic acids is 1. The summed E-state index contributed by atoms with van der Waals surface area (Å²) >= 11 is 0. The van der Waals surface area contributed by atoms with Gasteiger partial charge in [-0.15, -0.1) is 0 Å². The molecule has 0 aromatic carbocycles. The van der Waals surface area contributed by atoms with Crippen molar-refractivity contribution in [3.63, 3.8) is 0 Å². The van der Waals surface area contributed by atoms with Crippen LogP contribution in [0.15, 0.2) is 0 Å². The number of likely N-dealkylation sites (tertiary alicyclic amines) is 1. The lowest BCUT2D eigenvalue weighted by Crippen LogP contribution is -2.35. The Kier molecular flexibility index (Phi) is 2.74.